The van der Waals surface area contributed by atoms with Gasteiger partial charge in [-0.15, -0.1) is 0 Å². The summed E-state index contributed by atoms with van der Waals surface area (Å²) in [7, 11) is 0. The fourth-order valence-corrected chi connectivity index (χ4v) is 4.72. The minimum Gasteiger partial charge on any atom is -0.394 e. The van der Waals surface area contributed by atoms with E-state index < -0.39 is 12.7 Å². The number of nitrogens with one attached hydrogen (secondary N) is 1. The van der Waals surface area contributed by atoms with E-state index >= 15 is 0 Å². The molecule has 184 valence electrons. The molecule has 8 nitrogen and oxygen atoms in total. The lowest BCUT2D eigenvalue weighted by molar-refractivity contribution is -0.116. The molecule has 3 N–H and O–H groups in total. The van der Waals surface area contributed by atoms with Gasteiger partial charge in [0.15, 0.2) is 0 Å². The molecule has 0 spiro atoms. The highest BCUT2D eigenvalue weighted by Crippen LogP contribution is 2.28. The Morgan fingerprint density at radius 2 is 1.82 bits per heavy atom. The first-order chi connectivity index (χ1) is 16.0. The Bertz CT molecular complexity index is 781. The molecule has 1 saturated heterocycles. The maximum atomic E-state index is 12.7. The molecule has 1 aromatic carbocycles. The van der Waals surface area contributed by atoms with E-state index in [1.165, 1.54) is 12.8 Å². The van der Waals surface area contributed by atoms with Crippen molar-refractivity contribution in [1.29, 1.82) is 0 Å². The number of carbonyl (C=O) groups excluding carboxylic acids is 2. The fraction of sp³-hybridized carbons (Fsp3) is 0.680. The van der Waals surface area contributed by atoms with E-state index in [9.17, 15) is 14.7 Å². The summed E-state index contributed by atoms with van der Waals surface area (Å²) in [5.41, 5.74) is 2.32. The van der Waals surface area contributed by atoms with Gasteiger partial charge in [0.25, 0.3) is 5.91 Å². The van der Waals surface area contributed by atoms with Gasteiger partial charge in [-0.2, -0.15) is 0 Å². The molecule has 0 aliphatic carbocycles. The van der Waals surface area contributed by atoms with Crippen molar-refractivity contribution in [1.82, 2.24) is 10.2 Å². The van der Waals surface area contributed by atoms with E-state index in [0.29, 0.717) is 24.7 Å². The lowest BCUT2D eigenvalue weighted by Crippen LogP contribution is -2.40. The quantitative estimate of drug-likeness (QED) is 0.621. The SMILES string of the molecule is CC(=O)N1CCCCCCCN(C2CCOCC2)Cc2cc(C(=O)NCC(O)CO)ccc21. The number of amides is 2. The zero-order chi connectivity index (χ0) is 23.6. The minimum atomic E-state index is -0.990. The highest BCUT2D eigenvalue weighted by Gasteiger charge is 2.25. The van der Waals surface area contributed by atoms with Crippen LogP contribution in [0, 0.1) is 0 Å². The molecule has 33 heavy (non-hydrogen) atoms. The number of ether oxygens (including phenoxy) is 1. The standard InChI is InChI=1S/C25H39N3O5/c1-19(30)28-12-6-4-2-3-5-11-27(22-9-13-33-14-10-22)17-21-15-20(7-8-24(21)28)25(32)26-16-23(31)18-29/h7-8,15,22-23,29,31H,2-6,9-14,16-18H2,1H3,(H,26,32). The number of carbonyl (C=O) groups is 2. The van der Waals surface area contributed by atoms with Gasteiger partial charge in [-0.3, -0.25) is 14.5 Å². The first-order valence-electron chi connectivity index (χ1n) is 12.3. The average molecular weight is 462 g/mol. The van der Waals surface area contributed by atoms with Gasteiger partial charge in [-0.25, -0.2) is 0 Å². The number of aliphatic hydroxyl groups is 2. The van der Waals surface area contributed by atoms with Crippen LogP contribution in [-0.2, 0) is 16.1 Å². The molecular weight excluding hydrogens is 422 g/mol. The Hall–Kier alpha value is -2.00. The first kappa shape index (κ1) is 25.6. The average Bonchev–Trinajstić information content (AvgIpc) is 2.82. The predicted octanol–water partition coefficient (Wildman–Crippen LogP) is 2.07. The molecule has 2 aliphatic heterocycles. The molecule has 1 aromatic rings. The van der Waals surface area contributed by atoms with Gasteiger partial charge < -0.3 is 25.2 Å². The second-order valence-corrected chi connectivity index (χ2v) is 9.14. The summed E-state index contributed by atoms with van der Waals surface area (Å²) in [5.74, 6) is -0.294. The third kappa shape index (κ3) is 7.50. The van der Waals surface area contributed by atoms with Crippen LogP contribution in [0.4, 0.5) is 5.69 Å². The van der Waals surface area contributed by atoms with E-state index in [-0.39, 0.29) is 18.4 Å². The van der Waals surface area contributed by atoms with Crippen LogP contribution in [0.3, 0.4) is 0 Å². The number of anilines is 1. The van der Waals surface area contributed by atoms with Gasteiger partial charge in [0.2, 0.25) is 5.91 Å². The summed E-state index contributed by atoms with van der Waals surface area (Å²) in [5, 5.41) is 21.3. The second-order valence-electron chi connectivity index (χ2n) is 9.14. The summed E-state index contributed by atoms with van der Waals surface area (Å²) in [6.07, 6.45) is 6.56. The second kappa shape index (κ2) is 13.0. The van der Waals surface area contributed by atoms with E-state index in [1.54, 1.807) is 13.0 Å². The lowest BCUT2D eigenvalue weighted by Gasteiger charge is -2.36. The van der Waals surface area contributed by atoms with Crippen LogP contribution in [0.5, 0.6) is 0 Å². The van der Waals surface area contributed by atoms with Crippen molar-refractivity contribution in [2.24, 2.45) is 0 Å². The monoisotopic (exact) mass is 461 g/mol. The fourth-order valence-electron chi connectivity index (χ4n) is 4.72. The van der Waals surface area contributed by atoms with Crippen molar-refractivity contribution in [3.8, 4) is 0 Å². The van der Waals surface area contributed by atoms with Crippen LogP contribution in [0.15, 0.2) is 18.2 Å². The Labute approximate surface area is 196 Å². The Balaban J connectivity index is 1.92. The molecule has 3 rings (SSSR count). The zero-order valence-electron chi connectivity index (χ0n) is 19.8. The molecule has 0 radical (unpaired) electrons. The van der Waals surface area contributed by atoms with E-state index in [0.717, 1.165) is 63.1 Å². The smallest absolute Gasteiger partial charge is 0.251 e. The molecule has 1 unspecified atom stereocenters. The molecule has 8 heteroatoms. The van der Waals surface area contributed by atoms with Crippen LogP contribution < -0.4 is 10.2 Å². The highest BCUT2D eigenvalue weighted by atomic mass is 16.5. The van der Waals surface area contributed by atoms with Crippen molar-refractivity contribution in [3.63, 3.8) is 0 Å². The van der Waals surface area contributed by atoms with Crippen LogP contribution in [0.1, 0.15) is 67.8 Å². The molecular formula is C25H39N3O5. The zero-order valence-corrected chi connectivity index (χ0v) is 19.8. The number of fused-ring (bicyclic) bond motifs is 1. The van der Waals surface area contributed by atoms with Crippen molar-refractivity contribution >= 4 is 17.5 Å². The molecule has 0 bridgehead atoms. The maximum absolute atomic E-state index is 12.7. The number of rotatable bonds is 5. The summed E-state index contributed by atoms with van der Waals surface area (Å²) >= 11 is 0. The summed E-state index contributed by atoms with van der Waals surface area (Å²) in [4.78, 5) is 29.6. The lowest BCUT2D eigenvalue weighted by atomic mass is 10.0. The van der Waals surface area contributed by atoms with Gasteiger partial charge in [0.05, 0.1) is 12.7 Å². The Morgan fingerprint density at radius 3 is 2.52 bits per heavy atom. The molecule has 2 aliphatic rings. The van der Waals surface area contributed by atoms with E-state index in [2.05, 4.69) is 10.2 Å². The van der Waals surface area contributed by atoms with Crippen molar-refractivity contribution in [2.75, 3.05) is 44.4 Å². The molecule has 1 fully saturated rings. The maximum Gasteiger partial charge on any atom is 0.251 e. The number of aliphatic hydroxyl groups excluding tert-OH is 2. The summed E-state index contributed by atoms with van der Waals surface area (Å²) in [6.45, 7) is 5.05. The number of benzene rings is 1. The van der Waals surface area contributed by atoms with Crippen molar-refractivity contribution in [2.45, 2.75) is 70.6 Å². The normalized spacial score (nSPS) is 20.3. The Morgan fingerprint density at radius 1 is 1.12 bits per heavy atom. The minimum absolute atomic E-state index is 0.00851. The Kier molecular flexibility index (Phi) is 10.1. The predicted molar refractivity (Wildman–Crippen MR) is 127 cm³/mol. The van der Waals surface area contributed by atoms with Crippen molar-refractivity contribution in [3.05, 3.63) is 29.3 Å². The van der Waals surface area contributed by atoms with Gasteiger partial charge in [-0.1, -0.05) is 19.3 Å². The van der Waals surface area contributed by atoms with Gasteiger partial charge in [-0.05, 0) is 56.0 Å². The van der Waals surface area contributed by atoms with Gasteiger partial charge >= 0.3 is 0 Å². The largest absolute Gasteiger partial charge is 0.394 e. The number of hydrogen-bond donors (Lipinski definition) is 3. The van der Waals surface area contributed by atoms with Crippen LogP contribution in [-0.4, -0.2) is 78.5 Å². The summed E-state index contributed by atoms with van der Waals surface area (Å²) in [6, 6.07) is 5.92. The van der Waals surface area contributed by atoms with E-state index in [4.69, 9.17) is 9.84 Å². The third-order valence-electron chi connectivity index (χ3n) is 6.63. The van der Waals surface area contributed by atoms with Gasteiger partial charge in [0.1, 0.15) is 0 Å². The van der Waals surface area contributed by atoms with Crippen LogP contribution in [0.2, 0.25) is 0 Å². The van der Waals surface area contributed by atoms with Crippen LogP contribution in [0.25, 0.3) is 0 Å². The molecule has 2 amide bonds. The third-order valence-corrected chi connectivity index (χ3v) is 6.63. The van der Waals surface area contributed by atoms with E-state index in [1.807, 2.05) is 17.0 Å². The first-order valence-corrected chi connectivity index (χ1v) is 12.3. The van der Waals surface area contributed by atoms with Gasteiger partial charge in [0, 0.05) is 57.1 Å². The number of nitrogens with zero attached hydrogens (tertiary/aromatic N) is 2. The van der Waals surface area contributed by atoms with Crippen molar-refractivity contribution < 1.29 is 24.5 Å². The highest BCUT2D eigenvalue weighted by molar-refractivity contribution is 5.97. The topological polar surface area (TPSA) is 102 Å². The van der Waals surface area contributed by atoms with Crippen LogP contribution >= 0.6 is 0 Å². The number of hydrogen-bond acceptors (Lipinski definition) is 6. The molecule has 2 heterocycles. The molecule has 0 aromatic heterocycles. The molecule has 1 atom stereocenters. The summed E-state index contributed by atoms with van der Waals surface area (Å²) < 4.78 is 5.58. The molecule has 0 saturated carbocycles.